The third-order valence-electron chi connectivity index (χ3n) is 4.19. The Morgan fingerprint density at radius 2 is 1.72 bits per heavy atom. The molecule has 1 fully saturated rings. The lowest BCUT2D eigenvalue weighted by Crippen LogP contribution is -2.44. The Hall–Kier alpha value is -1.02. The van der Waals surface area contributed by atoms with Gasteiger partial charge in [-0.1, -0.05) is 18.6 Å². The minimum atomic E-state index is 0.358. The van der Waals surface area contributed by atoms with Crippen LogP contribution in [0.25, 0.3) is 0 Å². The summed E-state index contributed by atoms with van der Waals surface area (Å²) in [7, 11) is 0. The van der Waals surface area contributed by atoms with Gasteiger partial charge in [0.2, 0.25) is 0 Å². The number of nitrogens with zero attached hydrogens (tertiary/aromatic N) is 1. The summed E-state index contributed by atoms with van der Waals surface area (Å²) in [5.74, 6) is 0.358. The summed E-state index contributed by atoms with van der Waals surface area (Å²) in [6.45, 7) is 5.91. The number of phenols is 1. The number of aryl methyl sites for hydroxylation is 1. The maximum absolute atomic E-state index is 9.25. The Bertz CT molecular complexity index is 350. The number of likely N-dealkylation sites (tertiary alicyclic amines) is 1. The molecule has 0 radical (unpaired) electrons. The normalized spacial score (nSPS) is 25.2. The van der Waals surface area contributed by atoms with Gasteiger partial charge in [-0.2, -0.15) is 0 Å². The Labute approximate surface area is 111 Å². The second-order valence-corrected chi connectivity index (χ2v) is 5.64. The van der Waals surface area contributed by atoms with Crippen LogP contribution >= 0.6 is 0 Å². The van der Waals surface area contributed by atoms with E-state index in [0.717, 1.165) is 18.5 Å². The van der Waals surface area contributed by atoms with Crippen LogP contribution in [-0.2, 0) is 6.42 Å². The van der Waals surface area contributed by atoms with Crippen LogP contribution in [0.3, 0.4) is 0 Å². The highest BCUT2D eigenvalue weighted by atomic mass is 16.3. The summed E-state index contributed by atoms with van der Waals surface area (Å²) in [5, 5.41) is 9.25. The van der Waals surface area contributed by atoms with Crippen molar-refractivity contribution in [2.24, 2.45) is 0 Å². The maximum atomic E-state index is 9.25. The molecule has 0 saturated carbocycles. The van der Waals surface area contributed by atoms with Gasteiger partial charge in [-0.25, -0.2) is 0 Å². The standard InChI is InChI=1S/C16H25NO/c1-13-5-3-6-14(2)17(13)12-4-7-15-8-10-16(18)11-9-15/h8-11,13-14,18H,3-7,12H2,1-2H3. The van der Waals surface area contributed by atoms with Gasteiger partial charge in [0.15, 0.2) is 0 Å². The summed E-state index contributed by atoms with van der Waals surface area (Å²) in [5.41, 5.74) is 1.32. The molecule has 0 spiro atoms. The first-order valence-electron chi connectivity index (χ1n) is 7.20. The number of aromatic hydroxyl groups is 1. The van der Waals surface area contributed by atoms with E-state index in [4.69, 9.17) is 0 Å². The third-order valence-corrected chi connectivity index (χ3v) is 4.19. The molecule has 1 heterocycles. The second-order valence-electron chi connectivity index (χ2n) is 5.64. The van der Waals surface area contributed by atoms with E-state index in [1.54, 1.807) is 12.1 Å². The minimum Gasteiger partial charge on any atom is -0.508 e. The quantitative estimate of drug-likeness (QED) is 0.879. The van der Waals surface area contributed by atoms with E-state index in [0.29, 0.717) is 5.75 Å². The predicted molar refractivity (Wildman–Crippen MR) is 75.9 cm³/mol. The Morgan fingerprint density at radius 1 is 1.11 bits per heavy atom. The molecule has 18 heavy (non-hydrogen) atoms. The summed E-state index contributed by atoms with van der Waals surface area (Å²) < 4.78 is 0. The van der Waals surface area contributed by atoms with Gasteiger partial charge in [0.25, 0.3) is 0 Å². The van der Waals surface area contributed by atoms with Crippen molar-refractivity contribution in [3.05, 3.63) is 29.8 Å². The number of phenolic OH excluding ortho intramolecular Hbond substituents is 1. The molecule has 1 aliphatic rings. The van der Waals surface area contributed by atoms with E-state index in [-0.39, 0.29) is 0 Å². The van der Waals surface area contributed by atoms with E-state index in [9.17, 15) is 5.11 Å². The van der Waals surface area contributed by atoms with Crippen LogP contribution in [0.15, 0.2) is 24.3 Å². The van der Waals surface area contributed by atoms with Crippen LogP contribution in [-0.4, -0.2) is 28.6 Å². The molecule has 100 valence electrons. The Balaban J connectivity index is 1.79. The molecule has 2 rings (SSSR count). The SMILES string of the molecule is CC1CCCC(C)N1CCCc1ccc(O)cc1. The first-order valence-corrected chi connectivity index (χ1v) is 7.20. The number of benzene rings is 1. The smallest absolute Gasteiger partial charge is 0.115 e. The summed E-state index contributed by atoms with van der Waals surface area (Å²) in [6, 6.07) is 9.10. The molecule has 1 saturated heterocycles. The van der Waals surface area contributed by atoms with Crippen LogP contribution in [0.4, 0.5) is 0 Å². The van der Waals surface area contributed by atoms with Crippen LogP contribution in [0.1, 0.15) is 45.1 Å². The number of hydrogen-bond donors (Lipinski definition) is 1. The van der Waals surface area contributed by atoms with Crippen molar-refractivity contribution < 1.29 is 5.11 Å². The van der Waals surface area contributed by atoms with Crippen LogP contribution in [0.5, 0.6) is 5.75 Å². The average Bonchev–Trinajstić information content (AvgIpc) is 2.35. The van der Waals surface area contributed by atoms with E-state index in [1.807, 2.05) is 12.1 Å². The number of hydrogen-bond acceptors (Lipinski definition) is 2. The molecule has 0 amide bonds. The Kier molecular flexibility index (Phi) is 4.65. The van der Waals surface area contributed by atoms with Gasteiger partial charge >= 0.3 is 0 Å². The van der Waals surface area contributed by atoms with Gasteiger partial charge in [-0.3, -0.25) is 4.90 Å². The van der Waals surface area contributed by atoms with Crippen molar-refractivity contribution in [2.45, 2.75) is 58.0 Å². The van der Waals surface area contributed by atoms with E-state index in [1.165, 1.54) is 37.8 Å². The maximum Gasteiger partial charge on any atom is 0.115 e. The fourth-order valence-corrected chi connectivity index (χ4v) is 3.04. The highest BCUT2D eigenvalue weighted by Crippen LogP contribution is 2.22. The average molecular weight is 247 g/mol. The van der Waals surface area contributed by atoms with Gasteiger partial charge in [0.05, 0.1) is 0 Å². The molecule has 2 nitrogen and oxygen atoms in total. The van der Waals surface area contributed by atoms with Gasteiger partial charge in [-0.05, 0) is 63.8 Å². The zero-order valence-corrected chi connectivity index (χ0v) is 11.6. The van der Waals surface area contributed by atoms with E-state index < -0.39 is 0 Å². The van der Waals surface area contributed by atoms with Gasteiger partial charge in [-0.15, -0.1) is 0 Å². The predicted octanol–water partition coefficient (Wildman–Crippen LogP) is 3.59. The largest absolute Gasteiger partial charge is 0.508 e. The molecular weight excluding hydrogens is 222 g/mol. The Morgan fingerprint density at radius 3 is 2.33 bits per heavy atom. The molecule has 1 aromatic rings. The van der Waals surface area contributed by atoms with E-state index in [2.05, 4.69) is 18.7 Å². The summed E-state index contributed by atoms with van der Waals surface area (Å²) in [4.78, 5) is 2.66. The number of piperidine rings is 1. The highest BCUT2D eigenvalue weighted by Gasteiger charge is 2.23. The van der Waals surface area contributed by atoms with E-state index >= 15 is 0 Å². The first kappa shape index (κ1) is 13.4. The van der Waals surface area contributed by atoms with Crippen LogP contribution in [0.2, 0.25) is 0 Å². The molecule has 2 heteroatoms. The zero-order valence-electron chi connectivity index (χ0n) is 11.6. The van der Waals surface area contributed by atoms with Crippen molar-refractivity contribution in [1.29, 1.82) is 0 Å². The molecule has 1 aliphatic heterocycles. The second kappa shape index (κ2) is 6.24. The molecule has 0 aromatic heterocycles. The molecule has 1 N–H and O–H groups in total. The fraction of sp³-hybridized carbons (Fsp3) is 0.625. The third kappa shape index (κ3) is 3.49. The lowest BCUT2D eigenvalue weighted by atomic mass is 9.97. The topological polar surface area (TPSA) is 23.5 Å². The number of rotatable bonds is 4. The van der Waals surface area contributed by atoms with Crippen molar-refractivity contribution >= 4 is 0 Å². The first-order chi connectivity index (χ1) is 8.66. The van der Waals surface area contributed by atoms with Crippen molar-refractivity contribution in [3.8, 4) is 5.75 Å². The van der Waals surface area contributed by atoms with Gasteiger partial charge < -0.3 is 5.11 Å². The van der Waals surface area contributed by atoms with Crippen LogP contribution in [0, 0.1) is 0 Å². The zero-order chi connectivity index (χ0) is 13.0. The van der Waals surface area contributed by atoms with Crippen molar-refractivity contribution in [3.63, 3.8) is 0 Å². The van der Waals surface area contributed by atoms with Gasteiger partial charge in [0.1, 0.15) is 5.75 Å². The molecule has 0 aliphatic carbocycles. The lowest BCUT2D eigenvalue weighted by molar-refractivity contribution is 0.102. The summed E-state index contributed by atoms with van der Waals surface area (Å²) >= 11 is 0. The molecule has 1 aromatic carbocycles. The van der Waals surface area contributed by atoms with Crippen LogP contribution < -0.4 is 0 Å². The summed E-state index contributed by atoms with van der Waals surface area (Å²) in [6.07, 6.45) is 6.40. The highest BCUT2D eigenvalue weighted by molar-refractivity contribution is 5.25. The molecular formula is C16H25NO. The van der Waals surface area contributed by atoms with Gasteiger partial charge in [0, 0.05) is 12.1 Å². The van der Waals surface area contributed by atoms with Crippen molar-refractivity contribution in [1.82, 2.24) is 4.90 Å². The molecule has 2 unspecified atom stereocenters. The molecule has 0 bridgehead atoms. The van der Waals surface area contributed by atoms with Crippen molar-refractivity contribution in [2.75, 3.05) is 6.54 Å². The minimum absolute atomic E-state index is 0.358. The lowest BCUT2D eigenvalue weighted by Gasteiger charge is -2.39. The monoisotopic (exact) mass is 247 g/mol. The molecule has 2 atom stereocenters. The fourth-order valence-electron chi connectivity index (χ4n) is 3.04.